The highest BCUT2D eigenvalue weighted by molar-refractivity contribution is 7.79. The number of rotatable bonds is 5. The monoisotopic (exact) mass is 445 g/mol. The quantitative estimate of drug-likeness (QED) is 0.438. The first-order chi connectivity index (χ1) is 13.6. The zero-order valence-electron chi connectivity index (χ0n) is 15.1. The van der Waals surface area contributed by atoms with E-state index in [-0.39, 0.29) is 10.9 Å². The van der Waals surface area contributed by atoms with Crippen molar-refractivity contribution in [2.45, 2.75) is 25.5 Å². The Morgan fingerprint density at radius 1 is 1.21 bits per heavy atom. The number of nitrogens with zero attached hydrogens (tertiary/aromatic N) is 3. The molecule has 1 N–H and O–H groups in total. The summed E-state index contributed by atoms with van der Waals surface area (Å²) in [6.45, 7) is 3.32. The van der Waals surface area contributed by atoms with Crippen molar-refractivity contribution in [2.24, 2.45) is 0 Å². The third kappa shape index (κ3) is 4.77. The van der Waals surface area contributed by atoms with Crippen LogP contribution in [0.5, 0.6) is 5.75 Å². The molecule has 0 spiro atoms. The van der Waals surface area contributed by atoms with Crippen molar-refractivity contribution >= 4 is 22.7 Å². The number of alkyl halides is 3. The molecule has 154 valence electrons. The molecule has 0 aliphatic carbocycles. The van der Waals surface area contributed by atoms with Crippen molar-refractivity contribution < 1.29 is 26.7 Å². The van der Waals surface area contributed by atoms with Crippen LogP contribution in [-0.4, -0.2) is 29.9 Å². The number of benzene rings is 1. The Hall–Kier alpha value is -2.43. The fourth-order valence-electron chi connectivity index (χ4n) is 2.77. The molecule has 0 aliphatic heterocycles. The van der Waals surface area contributed by atoms with E-state index in [2.05, 4.69) is 14.8 Å². The average Bonchev–Trinajstić information content (AvgIpc) is 3.01. The normalized spacial score (nSPS) is 13.9. The Balaban J connectivity index is 2.01. The number of ether oxygens (including phenoxy) is 1. The van der Waals surface area contributed by atoms with Gasteiger partial charge in [-0.15, -0.1) is 13.2 Å². The molecule has 11 heteroatoms. The van der Waals surface area contributed by atoms with Gasteiger partial charge in [0.15, 0.2) is 16.9 Å². The molecule has 2 heterocycles. The van der Waals surface area contributed by atoms with Crippen LogP contribution in [0.1, 0.15) is 23.4 Å². The molecule has 0 saturated heterocycles. The Kier molecular flexibility index (Phi) is 5.97. The van der Waals surface area contributed by atoms with Crippen molar-refractivity contribution in [2.75, 3.05) is 0 Å². The van der Waals surface area contributed by atoms with Crippen molar-refractivity contribution in [1.82, 2.24) is 14.8 Å². The Morgan fingerprint density at radius 2 is 1.86 bits per heavy atom. The fourth-order valence-corrected chi connectivity index (χ4v) is 3.32. The van der Waals surface area contributed by atoms with Gasteiger partial charge >= 0.3 is 6.36 Å². The minimum Gasteiger partial charge on any atom is -0.406 e. The molecule has 0 aliphatic rings. The van der Waals surface area contributed by atoms with E-state index in [1.165, 1.54) is 41.2 Å². The van der Waals surface area contributed by atoms with Crippen LogP contribution < -0.4 is 4.74 Å². The van der Waals surface area contributed by atoms with E-state index in [4.69, 9.17) is 11.6 Å². The maximum Gasteiger partial charge on any atom is 0.573 e. The Labute approximate surface area is 171 Å². The zero-order valence-corrected chi connectivity index (χ0v) is 16.7. The number of hydrogen-bond donors (Lipinski definition) is 1. The highest BCUT2D eigenvalue weighted by atomic mass is 35.5. The van der Waals surface area contributed by atoms with Crippen LogP contribution in [0.2, 0.25) is 5.15 Å². The topological polar surface area (TPSA) is 77.2 Å². The molecule has 3 rings (SSSR count). The minimum atomic E-state index is -4.76. The van der Waals surface area contributed by atoms with Crippen LogP contribution in [-0.2, 0) is 11.1 Å². The summed E-state index contributed by atoms with van der Waals surface area (Å²) < 4.78 is 63.3. The van der Waals surface area contributed by atoms with Crippen LogP contribution in [0.25, 0.3) is 16.9 Å². The molecule has 0 amide bonds. The molecule has 1 aromatic carbocycles. The highest BCUT2D eigenvalue weighted by Crippen LogP contribution is 2.31. The fraction of sp³-hybridized carbons (Fsp3) is 0.222. The van der Waals surface area contributed by atoms with Gasteiger partial charge in [-0.1, -0.05) is 29.8 Å². The summed E-state index contributed by atoms with van der Waals surface area (Å²) in [6.07, 6.45) is -3.23. The highest BCUT2D eigenvalue weighted by Gasteiger charge is 2.31. The molecule has 3 aromatic rings. The molecule has 2 unspecified atom stereocenters. The van der Waals surface area contributed by atoms with E-state index < -0.39 is 22.7 Å². The summed E-state index contributed by atoms with van der Waals surface area (Å²) in [5, 5.41) is 3.74. The van der Waals surface area contributed by atoms with Gasteiger partial charge in [-0.2, -0.15) is 5.10 Å². The first-order valence-electron chi connectivity index (χ1n) is 8.24. The molecule has 6 nitrogen and oxygen atoms in total. The van der Waals surface area contributed by atoms with Gasteiger partial charge in [0.1, 0.15) is 10.9 Å². The predicted octanol–water partition coefficient (Wildman–Crippen LogP) is 5.08. The molecule has 0 fully saturated rings. The zero-order chi connectivity index (χ0) is 21.3. The van der Waals surface area contributed by atoms with Crippen molar-refractivity contribution in [1.29, 1.82) is 0 Å². The van der Waals surface area contributed by atoms with Gasteiger partial charge in [0.25, 0.3) is 0 Å². The lowest BCUT2D eigenvalue weighted by Crippen LogP contribution is -2.16. The van der Waals surface area contributed by atoms with E-state index in [9.17, 15) is 21.9 Å². The molecule has 2 atom stereocenters. The maximum atomic E-state index is 12.3. The van der Waals surface area contributed by atoms with Crippen molar-refractivity contribution in [3.05, 3.63) is 59.0 Å². The molecule has 0 saturated carbocycles. The van der Waals surface area contributed by atoms with E-state index in [1.54, 1.807) is 19.9 Å². The molecule has 0 radical (unpaired) electrons. The lowest BCUT2D eigenvalue weighted by Gasteiger charge is -2.14. The van der Waals surface area contributed by atoms with Gasteiger partial charge in [0.05, 0.1) is 17.1 Å². The van der Waals surface area contributed by atoms with E-state index >= 15 is 0 Å². The molecule has 2 aromatic heterocycles. The minimum absolute atomic E-state index is 0.185. The van der Waals surface area contributed by atoms with E-state index in [0.717, 1.165) is 0 Å². The van der Waals surface area contributed by atoms with Crippen LogP contribution in [0.3, 0.4) is 0 Å². The first-order valence-corrected chi connectivity index (χ1v) is 9.79. The average molecular weight is 446 g/mol. The second-order valence-electron chi connectivity index (χ2n) is 6.09. The van der Waals surface area contributed by atoms with Gasteiger partial charge in [-0.05, 0) is 37.6 Å². The number of aromatic nitrogens is 3. The third-order valence-electron chi connectivity index (χ3n) is 4.22. The standard InChI is InChI=1S/C18H15ClF3N3O3S/c1-10-15(12-3-5-13(6-4-12)28-18(20,21)22)9-23-25(10)17-14(11(2)29(26)27)7-8-16(19)24-17/h3-9,11H,1-2H3,(H,26,27). The molecule has 0 bridgehead atoms. The van der Waals surface area contributed by atoms with Gasteiger partial charge in [-0.3, -0.25) is 0 Å². The van der Waals surface area contributed by atoms with Gasteiger partial charge in [0, 0.05) is 11.1 Å². The molecular formula is C18H15ClF3N3O3S. The SMILES string of the molecule is Cc1c(-c2ccc(OC(F)(F)F)cc2)cnn1-c1nc(Cl)ccc1C(C)S(=O)O. The third-order valence-corrected chi connectivity index (χ3v) is 5.29. The molecule has 29 heavy (non-hydrogen) atoms. The Bertz CT molecular complexity index is 1050. The van der Waals surface area contributed by atoms with Crippen LogP contribution in [0.4, 0.5) is 13.2 Å². The summed E-state index contributed by atoms with van der Waals surface area (Å²) in [7, 11) is 0. The lowest BCUT2D eigenvalue weighted by molar-refractivity contribution is -0.274. The number of hydrogen-bond acceptors (Lipinski definition) is 4. The largest absolute Gasteiger partial charge is 0.573 e. The maximum absolute atomic E-state index is 12.3. The lowest BCUT2D eigenvalue weighted by atomic mass is 10.1. The van der Waals surface area contributed by atoms with Gasteiger partial charge in [-0.25, -0.2) is 13.9 Å². The smallest absolute Gasteiger partial charge is 0.406 e. The summed E-state index contributed by atoms with van der Waals surface area (Å²) in [4.78, 5) is 4.24. The number of halogens is 4. The summed E-state index contributed by atoms with van der Waals surface area (Å²) in [5.41, 5.74) is 2.36. The first kappa shape index (κ1) is 21.3. The summed E-state index contributed by atoms with van der Waals surface area (Å²) in [5.74, 6) is -0.0301. The predicted molar refractivity (Wildman–Crippen MR) is 102 cm³/mol. The van der Waals surface area contributed by atoms with Crippen LogP contribution >= 0.6 is 11.6 Å². The van der Waals surface area contributed by atoms with Crippen LogP contribution in [0.15, 0.2) is 42.6 Å². The number of pyridine rings is 1. The van der Waals surface area contributed by atoms with E-state index in [1.807, 2.05) is 0 Å². The molecular weight excluding hydrogens is 431 g/mol. The van der Waals surface area contributed by atoms with Crippen molar-refractivity contribution in [3.63, 3.8) is 0 Å². The van der Waals surface area contributed by atoms with E-state index in [0.29, 0.717) is 28.2 Å². The van der Waals surface area contributed by atoms with Gasteiger partial charge in [0.2, 0.25) is 0 Å². The van der Waals surface area contributed by atoms with Crippen LogP contribution in [0, 0.1) is 6.92 Å². The van der Waals surface area contributed by atoms with Crippen molar-refractivity contribution in [3.8, 4) is 22.7 Å². The summed E-state index contributed by atoms with van der Waals surface area (Å²) in [6, 6.07) is 8.50. The second-order valence-corrected chi connectivity index (χ2v) is 7.74. The summed E-state index contributed by atoms with van der Waals surface area (Å²) >= 11 is 3.87. The van der Waals surface area contributed by atoms with Gasteiger partial charge < -0.3 is 9.29 Å². The Morgan fingerprint density at radius 3 is 2.45 bits per heavy atom. The second kappa shape index (κ2) is 8.13.